The summed E-state index contributed by atoms with van der Waals surface area (Å²) in [5, 5.41) is 0. The number of rotatable bonds is 8. The van der Waals surface area contributed by atoms with Crippen molar-refractivity contribution in [3.63, 3.8) is 0 Å². The van der Waals surface area contributed by atoms with E-state index < -0.39 is 0 Å². The van der Waals surface area contributed by atoms with Gasteiger partial charge in [-0.05, 0) is 20.3 Å². The second-order valence-electron chi connectivity index (χ2n) is 3.26. The SMILES string of the molecule is CCCOCCC(=O)COC(C)C. The predicted octanol–water partition coefficient (Wildman–Crippen LogP) is 1.80. The molecule has 0 aliphatic rings. The third-order valence-corrected chi connectivity index (χ3v) is 1.45. The number of carbonyl (C=O) groups excluding carboxylic acids is 1. The zero-order chi connectivity index (χ0) is 10.1. The number of hydrogen-bond donors (Lipinski definition) is 0. The third kappa shape index (κ3) is 9.50. The van der Waals surface area contributed by atoms with Crippen LogP contribution in [0.4, 0.5) is 0 Å². The summed E-state index contributed by atoms with van der Waals surface area (Å²) in [5.74, 6) is 0.116. The number of ketones is 1. The van der Waals surface area contributed by atoms with Gasteiger partial charge in [-0.15, -0.1) is 0 Å². The minimum atomic E-state index is 0.116. The molecule has 0 heterocycles. The lowest BCUT2D eigenvalue weighted by molar-refractivity contribution is -0.126. The highest BCUT2D eigenvalue weighted by atomic mass is 16.5. The Balaban J connectivity index is 3.20. The Kier molecular flexibility index (Phi) is 7.94. The summed E-state index contributed by atoms with van der Waals surface area (Å²) in [6.07, 6.45) is 1.59. The molecular weight excluding hydrogens is 168 g/mol. The van der Waals surface area contributed by atoms with Crippen LogP contribution in [0.3, 0.4) is 0 Å². The first-order chi connectivity index (χ1) is 6.16. The Labute approximate surface area is 80.4 Å². The molecule has 0 saturated heterocycles. The van der Waals surface area contributed by atoms with E-state index in [2.05, 4.69) is 0 Å². The topological polar surface area (TPSA) is 35.5 Å². The maximum Gasteiger partial charge on any atom is 0.160 e. The normalized spacial score (nSPS) is 10.8. The fraction of sp³-hybridized carbons (Fsp3) is 0.900. The third-order valence-electron chi connectivity index (χ3n) is 1.45. The van der Waals surface area contributed by atoms with Gasteiger partial charge in [0.1, 0.15) is 6.61 Å². The molecule has 0 aromatic rings. The molecule has 0 fully saturated rings. The van der Waals surface area contributed by atoms with Gasteiger partial charge in [0.25, 0.3) is 0 Å². The molecule has 0 amide bonds. The van der Waals surface area contributed by atoms with E-state index in [1.165, 1.54) is 0 Å². The van der Waals surface area contributed by atoms with Crippen LogP contribution in [-0.4, -0.2) is 31.7 Å². The van der Waals surface area contributed by atoms with Crippen LogP contribution in [0.5, 0.6) is 0 Å². The summed E-state index contributed by atoms with van der Waals surface area (Å²) >= 11 is 0. The smallest absolute Gasteiger partial charge is 0.160 e. The Morgan fingerprint density at radius 2 is 2.00 bits per heavy atom. The second-order valence-corrected chi connectivity index (χ2v) is 3.26. The van der Waals surface area contributed by atoms with Crippen LogP contribution < -0.4 is 0 Å². The molecule has 3 nitrogen and oxygen atoms in total. The van der Waals surface area contributed by atoms with Crippen molar-refractivity contribution in [1.29, 1.82) is 0 Å². The van der Waals surface area contributed by atoms with Crippen molar-refractivity contribution in [2.24, 2.45) is 0 Å². The van der Waals surface area contributed by atoms with Crippen LogP contribution in [0.15, 0.2) is 0 Å². The molecule has 0 unspecified atom stereocenters. The van der Waals surface area contributed by atoms with Gasteiger partial charge in [-0.1, -0.05) is 6.92 Å². The van der Waals surface area contributed by atoms with E-state index in [1.807, 2.05) is 20.8 Å². The number of carbonyl (C=O) groups is 1. The van der Waals surface area contributed by atoms with Gasteiger partial charge in [0.2, 0.25) is 0 Å². The average Bonchev–Trinajstić information content (AvgIpc) is 2.09. The van der Waals surface area contributed by atoms with Gasteiger partial charge >= 0.3 is 0 Å². The summed E-state index contributed by atoms with van der Waals surface area (Å²) in [6, 6.07) is 0. The van der Waals surface area contributed by atoms with Gasteiger partial charge < -0.3 is 9.47 Å². The van der Waals surface area contributed by atoms with Crippen molar-refractivity contribution in [1.82, 2.24) is 0 Å². The lowest BCUT2D eigenvalue weighted by Gasteiger charge is -2.06. The molecule has 0 aromatic carbocycles. The number of hydrogen-bond acceptors (Lipinski definition) is 3. The lowest BCUT2D eigenvalue weighted by Crippen LogP contribution is -2.15. The zero-order valence-electron chi connectivity index (χ0n) is 8.84. The highest BCUT2D eigenvalue weighted by Crippen LogP contribution is 1.92. The summed E-state index contributed by atoms with van der Waals surface area (Å²) in [6.45, 7) is 7.35. The Morgan fingerprint density at radius 1 is 1.31 bits per heavy atom. The minimum absolute atomic E-state index is 0.116. The van der Waals surface area contributed by atoms with E-state index >= 15 is 0 Å². The van der Waals surface area contributed by atoms with Crippen molar-refractivity contribution in [3.05, 3.63) is 0 Å². The van der Waals surface area contributed by atoms with Crippen LogP contribution in [-0.2, 0) is 14.3 Å². The average molecular weight is 188 g/mol. The maximum absolute atomic E-state index is 11.1. The maximum atomic E-state index is 11.1. The molecule has 78 valence electrons. The first-order valence-electron chi connectivity index (χ1n) is 4.87. The molecule has 0 aliphatic carbocycles. The molecule has 3 heteroatoms. The van der Waals surface area contributed by atoms with Gasteiger partial charge in [-0.3, -0.25) is 4.79 Å². The Morgan fingerprint density at radius 3 is 2.54 bits per heavy atom. The van der Waals surface area contributed by atoms with Crippen LogP contribution in [0, 0.1) is 0 Å². The van der Waals surface area contributed by atoms with Gasteiger partial charge in [-0.25, -0.2) is 0 Å². The molecule has 0 aliphatic heterocycles. The van der Waals surface area contributed by atoms with Gasteiger partial charge in [-0.2, -0.15) is 0 Å². The van der Waals surface area contributed by atoms with Crippen molar-refractivity contribution in [2.45, 2.75) is 39.7 Å². The Hall–Kier alpha value is -0.410. The molecule has 0 spiro atoms. The van der Waals surface area contributed by atoms with E-state index in [9.17, 15) is 4.79 Å². The number of Topliss-reactive ketones (excluding diaryl/α,β-unsaturated/α-hetero) is 1. The molecule has 0 aromatic heterocycles. The summed E-state index contributed by atoms with van der Waals surface area (Å²) in [7, 11) is 0. The van der Waals surface area contributed by atoms with Crippen molar-refractivity contribution in [2.75, 3.05) is 19.8 Å². The molecule has 0 saturated carbocycles. The highest BCUT2D eigenvalue weighted by Gasteiger charge is 2.02. The summed E-state index contributed by atoms with van der Waals surface area (Å²) < 4.78 is 10.3. The Bertz CT molecular complexity index is 132. The van der Waals surface area contributed by atoms with Crippen LogP contribution >= 0.6 is 0 Å². The van der Waals surface area contributed by atoms with E-state index in [4.69, 9.17) is 9.47 Å². The van der Waals surface area contributed by atoms with Crippen LogP contribution in [0.25, 0.3) is 0 Å². The first kappa shape index (κ1) is 12.6. The molecular formula is C10H20O3. The summed E-state index contributed by atoms with van der Waals surface area (Å²) in [4.78, 5) is 11.1. The quantitative estimate of drug-likeness (QED) is 0.545. The van der Waals surface area contributed by atoms with Crippen molar-refractivity contribution < 1.29 is 14.3 Å². The molecule has 0 N–H and O–H groups in total. The minimum Gasteiger partial charge on any atom is -0.381 e. The van der Waals surface area contributed by atoms with Crippen LogP contribution in [0.1, 0.15) is 33.6 Å². The van der Waals surface area contributed by atoms with Crippen molar-refractivity contribution in [3.8, 4) is 0 Å². The second kappa shape index (κ2) is 8.20. The molecule has 0 rings (SSSR count). The van der Waals surface area contributed by atoms with Gasteiger partial charge in [0.15, 0.2) is 5.78 Å². The largest absolute Gasteiger partial charge is 0.381 e. The van der Waals surface area contributed by atoms with Crippen molar-refractivity contribution >= 4 is 5.78 Å². The zero-order valence-corrected chi connectivity index (χ0v) is 8.84. The predicted molar refractivity (Wildman–Crippen MR) is 51.8 cm³/mol. The van der Waals surface area contributed by atoms with E-state index in [-0.39, 0.29) is 18.5 Å². The summed E-state index contributed by atoms with van der Waals surface area (Å²) in [5.41, 5.74) is 0. The van der Waals surface area contributed by atoms with Crippen LogP contribution in [0.2, 0.25) is 0 Å². The lowest BCUT2D eigenvalue weighted by atomic mass is 10.3. The van der Waals surface area contributed by atoms with Gasteiger partial charge in [0, 0.05) is 13.0 Å². The fourth-order valence-electron chi connectivity index (χ4n) is 0.764. The highest BCUT2D eigenvalue weighted by molar-refractivity contribution is 5.79. The first-order valence-corrected chi connectivity index (χ1v) is 4.87. The molecule has 0 atom stereocenters. The van der Waals surface area contributed by atoms with Gasteiger partial charge in [0.05, 0.1) is 12.7 Å². The fourth-order valence-corrected chi connectivity index (χ4v) is 0.764. The number of ether oxygens (including phenoxy) is 2. The van der Waals surface area contributed by atoms with E-state index in [0.717, 1.165) is 13.0 Å². The standard InChI is InChI=1S/C10H20O3/c1-4-6-12-7-5-10(11)8-13-9(2)3/h9H,4-8H2,1-3H3. The molecule has 13 heavy (non-hydrogen) atoms. The monoisotopic (exact) mass is 188 g/mol. The van der Waals surface area contributed by atoms with E-state index in [1.54, 1.807) is 0 Å². The molecule has 0 radical (unpaired) electrons. The van der Waals surface area contributed by atoms with E-state index in [0.29, 0.717) is 13.0 Å². The molecule has 0 bridgehead atoms.